The van der Waals surface area contributed by atoms with Crippen molar-refractivity contribution in [2.24, 2.45) is 0 Å². The Balaban J connectivity index is 2.16. The number of nitrogens with zero attached hydrogens (tertiary/aromatic N) is 1. The van der Waals surface area contributed by atoms with Crippen LogP contribution in [-0.4, -0.2) is 11.8 Å². The average Bonchev–Trinajstić information content (AvgIpc) is 2.66. The van der Waals surface area contributed by atoms with Gasteiger partial charge >= 0.3 is 0 Å². The highest BCUT2D eigenvalue weighted by atomic mass is 16.2. The quantitative estimate of drug-likeness (QED) is 0.645. The van der Waals surface area contributed by atoms with Crippen molar-refractivity contribution < 1.29 is 9.59 Å². The summed E-state index contributed by atoms with van der Waals surface area (Å²) in [6.45, 7) is 5.61. The van der Waals surface area contributed by atoms with Crippen molar-refractivity contribution in [3.8, 4) is 0 Å². The van der Waals surface area contributed by atoms with Gasteiger partial charge in [0.15, 0.2) is 0 Å². The maximum atomic E-state index is 12.6. The zero-order chi connectivity index (χ0) is 15.3. The molecule has 0 aliphatic carbocycles. The Bertz CT molecular complexity index is 794. The number of carbonyl (C=O) groups excluding carboxylic acids is 2. The van der Waals surface area contributed by atoms with Gasteiger partial charge in [-0.1, -0.05) is 11.6 Å². The molecule has 1 aliphatic heterocycles. The minimum atomic E-state index is -0.276. The van der Waals surface area contributed by atoms with Gasteiger partial charge in [-0.2, -0.15) is 0 Å². The van der Waals surface area contributed by atoms with Gasteiger partial charge in [0.1, 0.15) is 0 Å². The minimum absolute atomic E-state index is 0.272. The number of nitrogen functional groups attached to an aromatic ring is 1. The van der Waals surface area contributed by atoms with E-state index < -0.39 is 0 Å². The number of hydrogen-bond acceptors (Lipinski definition) is 3. The first kappa shape index (κ1) is 13.4. The van der Waals surface area contributed by atoms with Crippen LogP contribution in [0, 0.1) is 20.8 Å². The highest BCUT2D eigenvalue weighted by Crippen LogP contribution is 2.33. The monoisotopic (exact) mass is 280 g/mol. The summed E-state index contributed by atoms with van der Waals surface area (Å²) < 4.78 is 0. The van der Waals surface area contributed by atoms with Crippen molar-refractivity contribution in [1.29, 1.82) is 0 Å². The third-order valence-corrected chi connectivity index (χ3v) is 3.87. The summed E-state index contributed by atoms with van der Waals surface area (Å²) >= 11 is 0. The summed E-state index contributed by atoms with van der Waals surface area (Å²) in [5, 5.41) is 0. The molecule has 0 unspecified atom stereocenters. The molecule has 106 valence electrons. The number of imide groups is 1. The van der Waals surface area contributed by atoms with Crippen LogP contribution in [0.4, 0.5) is 11.4 Å². The van der Waals surface area contributed by atoms with Crippen LogP contribution < -0.4 is 10.6 Å². The number of aryl methyl sites for hydroxylation is 3. The Morgan fingerprint density at radius 1 is 0.857 bits per heavy atom. The van der Waals surface area contributed by atoms with Gasteiger partial charge in [0, 0.05) is 5.69 Å². The smallest absolute Gasteiger partial charge is 0.266 e. The Hall–Kier alpha value is -2.62. The van der Waals surface area contributed by atoms with Crippen molar-refractivity contribution in [3.63, 3.8) is 0 Å². The molecule has 21 heavy (non-hydrogen) atoms. The molecule has 0 aromatic heterocycles. The van der Waals surface area contributed by atoms with E-state index in [0.29, 0.717) is 22.5 Å². The highest BCUT2D eigenvalue weighted by Gasteiger charge is 2.37. The van der Waals surface area contributed by atoms with Gasteiger partial charge in [-0.05, 0) is 56.2 Å². The number of carbonyl (C=O) groups is 2. The summed E-state index contributed by atoms with van der Waals surface area (Å²) in [4.78, 5) is 26.4. The zero-order valence-corrected chi connectivity index (χ0v) is 12.2. The second-order valence-electron chi connectivity index (χ2n) is 5.49. The third kappa shape index (κ3) is 1.91. The predicted molar refractivity (Wildman–Crippen MR) is 82.6 cm³/mol. The van der Waals surface area contributed by atoms with E-state index >= 15 is 0 Å². The van der Waals surface area contributed by atoms with E-state index in [1.807, 2.05) is 26.8 Å². The first-order chi connectivity index (χ1) is 9.90. The van der Waals surface area contributed by atoms with Crippen molar-refractivity contribution in [1.82, 2.24) is 0 Å². The Morgan fingerprint density at radius 3 is 2.24 bits per heavy atom. The van der Waals surface area contributed by atoms with Crippen LogP contribution in [0.5, 0.6) is 0 Å². The number of amides is 2. The third-order valence-electron chi connectivity index (χ3n) is 3.87. The molecule has 1 aliphatic rings. The molecule has 0 saturated carbocycles. The number of hydrogen-bond donors (Lipinski definition) is 1. The Kier molecular flexibility index (Phi) is 2.83. The van der Waals surface area contributed by atoms with Crippen molar-refractivity contribution >= 4 is 23.2 Å². The van der Waals surface area contributed by atoms with Crippen LogP contribution >= 0.6 is 0 Å². The lowest BCUT2D eigenvalue weighted by molar-refractivity contribution is 0.0926. The summed E-state index contributed by atoms with van der Waals surface area (Å²) in [5.41, 5.74) is 10.7. The molecule has 0 radical (unpaired) electrons. The van der Waals surface area contributed by atoms with E-state index in [9.17, 15) is 9.59 Å². The Morgan fingerprint density at radius 2 is 1.52 bits per heavy atom. The molecule has 0 saturated heterocycles. The zero-order valence-electron chi connectivity index (χ0n) is 12.2. The van der Waals surface area contributed by atoms with Gasteiger partial charge in [-0.25, -0.2) is 4.90 Å². The lowest BCUT2D eigenvalue weighted by atomic mass is 10.1. The van der Waals surface area contributed by atoms with Crippen LogP contribution in [-0.2, 0) is 0 Å². The normalized spacial score (nSPS) is 13.8. The van der Waals surface area contributed by atoms with Gasteiger partial charge < -0.3 is 5.73 Å². The number of nitrogens with two attached hydrogens (primary N) is 1. The van der Waals surface area contributed by atoms with Crippen LogP contribution in [0.1, 0.15) is 37.4 Å². The maximum absolute atomic E-state index is 12.6. The fourth-order valence-corrected chi connectivity index (χ4v) is 2.64. The molecular formula is C17H16N2O2. The second-order valence-corrected chi connectivity index (χ2v) is 5.49. The first-order valence-electron chi connectivity index (χ1n) is 6.76. The van der Waals surface area contributed by atoms with Crippen molar-refractivity contribution in [2.75, 3.05) is 10.6 Å². The minimum Gasteiger partial charge on any atom is -0.399 e. The average molecular weight is 280 g/mol. The molecule has 0 bridgehead atoms. The lowest BCUT2D eigenvalue weighted by Crippen LogP contribution is -2.30. The SMILES string of the molecule is Cc1ccc2c(c1)C(=O)N(c1cc(C)c(N)cc1C)C2=O. The lowest BCUT2D eigenvalue weighted by Gasteiger charge is -2.18. The van der Waals surface area contributed by atoms with Crippen molar-refractivity contribution in [2.45, 2.75) is 20.8 Å². The molecule has 4 nitrogen and oxygen atoms in total. The molecule has 0 fully saturated rings. The van der Waals surface area contributed by atoms with E-state index in [1.165, 1.54) is 4.90 Å². The van der Waals surface area contributed by atoms with E-state index in [2.05, 4.69) is 0 Å². The molecule has 0 spiro atoms. The summed E-state index contributed by atoms with van der Waals surface area (Å²) in [6.07, 6.45) is 0. The van der Waals surface area contributed by atoms with Gasteiger partial charge in [0.05, 0.1) is 16.8 Å². The molecule has 4 heteroatoms. The molecule has 1 heterocycles. The van der Waals surface area contributed by atoms with E-state index in [4.69, 9.17) is 5.73 Å². The topological polar surface area (TPSA) is 63.4 Å². The van der Waals surface area contributed by atoms with Crippen LogP contribution in [0.2, 0.25) is 0 Å². The highest BCUT2D eigenvalue weighted by molar-refractivity contribution is 6.34. The number of rotatable bonds is 1. The fraction of sp³-hybridized carbons (Fsp3) is 0.176. The van der Waals surface area contributed by atoms with Gasteiger partial charge in [0.2, 0.25) is 0 Å². The van der Waals surface area contributed by atoms with E-state index in [-0.39, 0.29) is 11.8 Å². The van der Waals surface area contributed by atoms with Crippen LogP contribution in [0.3, 0.4) is 0 Å². The molecule has 2 amide bonds. The maximum Gasteiger partial charge on any atom is 0.266 e. The second kappa shape index (κ2) is 4.45. The number of anilines is 2. The van der Waals surface area contributed by atoms with Gasteiger partial charge in [-0.15, -0.1) is 0 Å². The van der Waals surface area contributed by atoms with E-state index in [1.54, 1.807) is 24.3 Å². The molecule has 2 aromatic carbocycles. The number of benzene rings is 2. The van der Waals surface area contributed by atoms with Crippen LogP contribution in [0.15, 0.2) is 30.3 Å². The summed E-state index contributed by atoms with van der Waals surface area (Å²) in [6, 6.07) is 8.90. The largest absolute Gasteiger partial charge is 0.399 e. The van der Waals surface area contributed by atoms with Gasteiger partial charge in [0.25, 0.3) is 11.8 Å². The van der Waals surface area contributed by atoms with Crippen molar-refractivity contribution in [3.05, 3.63) is 58.1 Å². The summed E-state index contributed by atoms with van der Waals surface area (Å²) in [7, 11) is 0. The molecule has 2 aromatic rings. The fourth-order valence-electron chi connectivity index (χ4n) is 2.64. The molecule has 2 N–H and O–H groups in total. The molecule has 3 rings (SSSR count). The number of fused-ring (bicyclic) bond motifs is 1. The van der Waals surface area contributed by atoms with E-state index in [0.717, 1.165) is 16.7 Å². The Labute approximate surface area is 123 Å². The molecule has 0 atom stereocenters. The van der Waals surface area contributed by atoms with Gasteiger partial charge in [-0.3, -0.25) is 9.59 Å². The predicted octanol–water partition coefficient (Wildman–Crippen LogP) is 2.99. The summed E-state index contributed by atoms with van der Waals surface area (Å²) in [5.74, 6) is -0.548. The standard InChI is InChI=1S/C17H16N2O2/c1-9-4-5-12-13(6-9)17(21)19(16(12)20)15-8-10(2)14(18)7-11(15)3/h4-8H,18H2,1-3H3. The molecular weight excluding hydrogens is 264 g/mol. The first-order valence-corrected chi connectivity index (χ1v) is 6.76. The van der Waals surface area contributed by atoms with Crippen LogP contribution in [0.25, 0.3) is 0 Å².